The number of thioether (sulfide) groups is 1. The van der Waals surface area contributed by atoms with Gasteiger partial charge >= 0.3 is 0 Å². The Morgan fingerprint density at radius 3 is 2.67 bits per heavy atom. The summed E-state index contributed by atoms with van der Waals surface area (Å²) in [6.45, 7) is -0.328. The number of carbonyl (C=O) groups excluding carboxylic acids is 3. The van der Waals surface area contributed by atoms with Crippen molar-refractivity contribution in [2.24, 2.45) is 0 Å². The molecule has 3 amide bonds. The number of hydrogen-bond donors (Lipinski definition) is 1. The minimum Gasteiger partial charge on any atom is -0.323 e. The Morgan fingerprint density at radius 2 is 1.96 bits per heavy atom. The van der Waals surface area contributed by atoms with Crippen LogP contribution in [0.4, 0.5) is 10.5 Å². The number of amides is 3. The van der Waals surface area contributed by atoms with Gasteiger partial charge in [-0.3, -0.25) is 24.3 Å². The Labute approximate surface area is 142 Å². The van der Waals surface area contributed by atoms with E-state index in [2.05, 4.69) is 10.3 Å². The predicted molar refractivity (Wildman–Crippen MR) is 92.0 cm³/mol. The molecule has 2 aromatic rings. The van der Waals surface area contributed by atoms with Gasteiger partial charge in [0, 0.05) is 6.20 Å². The van der Waals surface area contributed by atoms with Gasteiger partial charge in [0.1, 0.15) is 6.54 Å². The molecular formula is C17H13N3O3S. The second-order valence-electron chi connectivity index (χ2n) is 4.97. The topological polar surface area (TPSA) is 79.4 Å². The molecule has 1 aliphatic heterocycles. The molecule has 0 radical (unpaired) electrons. The lowest BCUT2D eigenvalue weighted by Crippen LogP contribution is -2.36. The number of pyridine rings is 1. The van der Waals surface area contributed by atoms with Crippen LogP contribution in [0.3, 0.4) is 0 Å². The number of hydrogen-bond acceptors (Lipinski definition) is 5. The fourth-order valence-corrected chi connectivity index (χ4v) is 2.96. The monoisotopic (exact) mass is 339 g/mol. The largest absolute Gasteiger partial charge is 0.323 e. The third-order valence-electron chi connectivity index (χ3n) is 3.22. The zero-order valence-electron chi connectivity index (χ0n) is 12.5. The zero-order chi connectivity index (χ0) is 16.9. The summed E-state index contributed by atoms with van der Waals surface area (Å²) in [7, 11) is 0. The molecule has 0 bridgehead atoms. The number of carbonyl (C=O) groups is 3. The third-order valence-corrected chi connectivity index (χ3v) is 4.13. The predicted octanol–water partition coefficient (Wildman–Crippen LogP) is 2.76. The van der Waals surface area contributed by atoms with E-state index in [1.54, 1.807) is 24.4 Å². The van der Waals surface area contributed by atoms with Crippen molar-refractivity contribution < 1.29 is 14.4 Å². The minimum atomic E-state index is -0.463. The quantitative estimate of drug-likeness (QED) is 0.867. The van der Waals surface area contributed by atoms with Crippen LogP contribution in [-0.4, -0.2) is 33.5 Å². The van der Waals surface area contributed by atoms with Crippen LogP contribution in [0, 0.1) is 0 Å². The first-order chi connectivity index (χ1) is 11.6. The SMILES string of the molecule is O=C(CN1C(=O)SC(=Cc2ccccc2)C1=O)Nc1cccnc1. The minimum absolute atomic E-state index is 0.306. The van der Waals surface area contributed by atoms with E-state index in [0.29, 0.717) is 10.6 Å². The molecule has 0 unspecified atom stereocenters. The van der Waals surface area contributed by atoms with Crippen molar-refractivity contribution in [1.82, 2.24) is 9.88 Å². The molecular weight excluding hydrogens is 326 g/mol. The molecule has 3 rings (SSSR count). The van der Waals surface area contributed by atoms with E-state index in [1.807, 2.05) is 30.3 Å². The van der Waals surface area contributed by atoms with Crippen LogP contribution in [0.5, 0.6) is 0 Å². The molecule has 0 aliphatic carbocycles. The normalized spacial score (nSPS) is 15.8. The fraction of sp³-hybridized carbons (Fsp3) is 0.0588. The first-order valence-corrected chi connectivity index (χ1v) is 7.95. The second-order valence-corrected chi connectivity index (χ2v) is 5.96. The smallest absolute Gasteiger partial charge is 0.294 e. The van der Waals surface area contributed by atoms with Gasteiger partial charge in [0.05, 0.1) is 16.8 Å². The van der Waals surface area contributed by atoms with E-state index in [1.165, 1.54) is 6.20 Å². The third kappa shape index (κ3) is 3.69. The molecule has 1 aromatic heterocycles. The van der Waals surface area contributed by atoms with Gasteiger partial charge < -0.3 is 5.32 Å². The van der Waals surface area contributed by atoms with Crippen LogP contribution in [0.15, 0.2) is 59.8 Å². The van der Waals surface area contributed by atoms with Gasteiger partial charge in [0.2, 0.25) is 5.91 Å². The van der Waals surface area contributed by atoms with Crippen LogP contribution >= 0.6 is 11.8 Å². The summed E-state index contributed by atoms with van der Waals surface area (Å²) >= 11 is 0.831. The fourth-order valence-electron chi connectivity index (χ4n) is 2.12. The van der Waals surface area contributed by atoms with Gasteiger partial charge in [-0.1, -0.05) is 30.3 Å². The van der Waals surface area contributed by atoms with E-state index in [0.717, 1.165) is 22.2 Å². The molecule has 24 heavy (non-hydrogen) atoms. The number of rotatable bonds is 4. The van der Waals surface area contributed by atoms with Crippen molar-refractivity contribution in [2.75, 3.05) is 11.9 Å². The Bertz CT molecular complexity index is 806. The average Bonchev–Trinajstić information content (AvgIpc) is 2.84. The summed E-state index contributed by atoms with van der Waals surface area (Å²) in [6, 6.07) is 12.6. The standard InChI is InChI=1S/C17H13N3O3S/c21-15(19-13-7-4-8-18-10-13)11-20-16(22)14(24-17(20)23)9-12-5-2-1-3-6-12/h1-10H,11H2,(H,19,21). The van der Waals surface area contributed by atoms with E-state index >= 15 is 0 Å². The van der Waals surface area contributed by atoms with E-state index in [9.17, 15) is 14.4 Å². The maximum Gasteiger partial charge on any atom is 0.294 e. The van der Waals surface area contributed by atoms with Crippen molar-refractivity contribution in [2.45, 2.75) is 0 Å². The van der Waals surface area contributed by atoms with E-state index in [4.69, 9.17) is 0 Å². The van der Waals surface area contributed by atoms with Crippen molar-refractivity contribution in [3.8, 4) is 0 Å². The average molecular weight is 339 g/mol. The molecule has 2 heterocycles. The highest BCUT2D eigenvalue weighted by atomic mass is 32.2. The molecule has 120 valence electrons. The Balaban J connectivity index is 1.68. The van der Waals surface area contributed by atoms with Crippen molar-refractivity contribution in [1.29, 1.82) is 0 Å². The lowest BCUT2D eigenvalue weighted by molar-refractivity contribution is -0.127. The first-order valence-electron chi connectivity index (χ1n) is 7.14. The molecule has 1 aliphatic rings. The number of aromatic nitrogens is 1. The number of nitrogens with one attached hydrogen (secondary N) is 1. The Morgan fingerprint density at radius 1 is 1.17 bits per heavy atom. The molecule has 1 aromatic carbocycles. The van der Waals surface area contributed by atoms with Crippen LogP contribution in [0.1, 0.15) is 5.56 Å². The highest BCUT2D eigenvalue weighted by Crippen LogP contribution is 2.31. The van der Waals surface area contributed by atoms with Crippen LogP contribution in [-0.2, 0) is 9.59 Å². The van der Waals surface area contributed by atoms with Crippen molar-refractivity contribution in [3.05, 3.63) is 65.3 Å². The van der Waals surface area contributed by atoms with E-state index < -0.39 is 17.1 Å². The highest BCUT2D eigenvalue weighted by molar-refractivity contribution is 8.18. The van der Waals surface area contributed by atoms with Crippen LogP contribution < -0.4 is 5.32 Å². The van der Waals surface area contributed by atoms with Gasteiger partial charge in [-0.2, -0.15) is 0 Å². The van der Waals surface area contributed by atoms with E-state index in [-0.39, 0.29) is 6.54 Å². The Kier molecular flexibility index (Phi) is 4.72. The van der Waals surface area contributed by atoms with Crippen LogP contribution in [0.2, 0.25) is 0 Å². The zero-order valence-corrected chi connectivity index (χ0v) is 13.3. The summed E-state index contributed by atoms with van der Waals surface area (Å²) in [6.07, 6.45) is 4.71. The van der Waals surface area contributed by atoms with Crippen molar-refractivity contribution in [3.63, 3.8) is 0 Å². The van der Waals surface area contributed by atoms with Gasteiger partial charge in [-0.25, -0.2) is 0 Å². The molecule has 7 heteroatoms. The summed E-state index contributed by atoms with van der Waals surface area (Å²) in [5.41, 5.74) is 1.33. The molecule has 0 spiro atoms. The number of imide groups is 1. The second kappa shape index (κ2) is 7.10. The molecule has 0 saturated carbocycles. The lowest BCUT2D eigenvalue weighted by atomic mass is 10.2. The van der Waals surface area contributed by atoms with Gasteiger partial charge in [-0.15, -0.1) is 0 Å². The molecule has 1 N–H and O–H groups in total. The molecule has 0 atom stereocenters. The van der Waals surface area contributed by atoms with Gasteiger partial charge in [-0.05, 0) is 35.5 Å². The summed E-state index contributed by atoms with van der Waals surface area (Å²) in [5, 5.41) is 2.14. The number of anilines is 1. The maximum absolute atomic E-state index is 12.3. The Hall–Kier alpha value is -2.93. The number of benzene rings is 1. The summed E-state index contributed by atoms with van der Waals surface area (Å²) in [5.74, 6) is -0.915. The molecule has 1 fully saturated rings. The first kappa shape index (κ1) is 15.9. The highest BCUT2D eigenvalue weighted by Gasteiger charge is 2.36. The maximum atomic E-state index is 12.3. The van der Waals surface area contributed by atoms with Gasteiger partial charge in [0.25, 0.3) is 11.1 Å². The van der Waals surface area contributed by atoms with Crippen LogP contribution in [0.25, 0.3) is 6.08 Å². The molecule has 6 nitrogen and oxygen atoms in total. The van der Waals surface area contributed by atoms with Gasteiger partial charge in [0.15, 0.2) is 0 Å². The molecule has 1 saturated heterocycles. The number of nitrogens with zero attached hydrogens (tertiary/aromatic N) is 2. The summed E-state index contributed by atoms with van der Waals surface area (Å²) < 4.78 is 0. The summed E-state index contributed by atoms with van der Waals surface area (Å²) in [4.78, 5) is 41.5. The van der Waals surface area contributed by atoms with Crippen molar-refractivity contribution >= 4 is 40.6 Å². The lowest BCUT2D eigenvalue weighted by Gasteiger charge is -2.12.